The number of aldehydes is 1. The second kappa shape index (κ2) is 6.29. The largest absolute Gasteiger partial charge is 0.487 e. The lowest BCUT2D eigenvalue weighted by molar-refractivity contribution is 0.112. The number of halogens is 3. The predicted molar refractivity (Wildman–Crippen MR) is 77.6 cm³/mol. The summed E-state index contributed by atoms with van der Waals surface area (Å²) < 4.78 is 5.57. The molecule has 0 amide bonds. The zero-order valence-electron chi connectivity index (χ0n) is 9.70. The summed E-state index contributed by atoms with van der Waals surface area (Å²) in [6.45, 7) is 0.224. The molecule has 98 valence electrons. The van der Waals surface area contributed by atoms with Crippen LogP contribution in [0.15, 0.2) is 36.4 Å². The minimum absolute atomic E-state index is 0.224. The highest BCUT2D eigenvalue weighted by atomic mass is 35.5. The van der Waals surface area contributed by atoms with Gasteiger partial charge in [0.1, 0.15) is 12.4 Å². The average Bonchev–Trinajstić information content (AvgIpc) is 2.41. The van der Waals surface area contributed by atoms with Gasteiger partial charge in [-0.25, -0.2) is 0 Å². The van der Waals surface area contributed by atoms with Crippen molar-refractivity contribution in [2.75, 3.05) is 0 Å². The van der Waals surface area contributed by atoms with Crippen LogP contribution in [0.1, 0.15) is 15.9 Å². The van der Waals surface area contributed by atoms with Crippen molar-refractivity contribution >= 4 is 41.1 Å². The summed E-state index contributed by atoms with van der Waals surface area (Å²) in [5.74, 6) is 0.433. The topological polar surface area (TPSA) is 26.3 Å². The van der Waals surface area contributed by atoms with Crippen molar-refractivity contribution in [2.45, 2.75) is 6.61 Å². The van der Waals surface area contributed by atoms with Gasteiger partial charge in [0.2, 0.25) is 0 Å². The van der Waals surface area contributed by atoms with E-state index in [4.69, 9.17) is 39.5 Å². The number of ether oxygens (including phenoxy) is 1. The number of benzene rings is 2. The van der Waals surface area contributed by atoms with Crippen molar-refractivity contribution < 1.29 is 9.53 Å². The smallest absolute Gasteiger partial charge is 0.151 e. The zero-order chi connectivity index (χ0) is 13.8. The Balaban J connectivity index is 2.19. The van der Waals surface area contributed by atoms with E-state index in [1.807, 2.05) is 0 Å². The van der Waals surface area contributed by atoms with Crippen molar-refractivity contribution in [2.24, 2.45) is 0 Å². The Morgan fingerprint density at radius 1 is 1.11 bits per heavy atom. The minimum atomic E-state index is 0.224. The van der Waals surface area contributed by atoms with E-state index in [-0.39, 0.29) is 11.6 Å². The molecule has 19 heavy (non-hydrogen) atoms. The fourth-order valence-electron chi connectivity index (χ4n) is 1.54. The number of hydrogen-bond acceptors (Lipinski definition) is 2. The Labute approximate surface area is 125 Å². The molecule has 0 saturated heterocycles. The first kappa shape index (κ1) is 14.2. The number of hydrogen-bond donors (Lipinski definition) is 0. The Hall–Kier alpha value is -1.22. The van der Waals surface area contributed by atoms with Crippen molar-refractivity contribution in [1.29, 1.82) is 0 Å². The van der Waals surface area contributed by atoms with Crippen LogP contribution in [0.3, 0.4) is 0 Å². The molecule has 0 aliphatic heterocycles. The molecule has 0 fully saturated rings. The van der Waals surface area contributed by atoms with E-state index in [1.165, 1.54) is 0 Å². The van der Waals surface area contributed by atoms with Crippen LogP contribution in [0.25, 0.3) is 0 Å². The maximum Gasteiger partial charge on any atom is 0.151 e. The lowest BCUT2D eigenvalue weighted by atomic mass is 10.2. The molecule has 0 N–H and O–H groups in total. The first-order valence-electron chi connectivity index (χ1n) is 5.42. The molecular weight excluding hydrogens is 307 g/mol. The van der Waals surface area contributed by atoms with Gasteiger partial charge in [-0.05, 0) is 30.3 Å². The fraction of sp³-hybridized carbons (Fsp3) is 0.0714. The molecular formula is C14H9Cl3O2. The van der Waals surface area contributed by atoms with Gasteiger partial charge in [0, 0.05) is 21.2 Å². The van der Waals surface area contributed by atoms with Gasteiger partial charge in [-0.1, -0.05) is 40.9 Å². The highest BCUT2D eigenvalue weighted by Crippen LogP contribution is 2.29. The van der Waals surface area contributed by atoms with Crippen molar-refractivity contribution in [3.63, 3.8) is 0 Å². The van der Waals surface area contributed by atoms with E-state index in [0.717, 1.165) is 5.56 Å². The molecule has 0 spiro atoms. The lowest BCUT2D eigenvalue weighted by Gasteiger charge is -2.10. The number of carbonyl (C=O) groups is 1. The van der Waals surface area contributed by atoms with Crippen LogP contribution in [-0.4, -0.2) is 6.29 Å². The Morgan fingerprint density at radius 2 is 1.89 bits per heavy atom. The predicted octanol–water partition coefficient (Wildman–Crippen LogP) is 5.04. The van der Waals surface area contributed by atoms with Gasteiger partial charge in [0.25, 0.3) is 0 Å². The molecule has 2 aromatic rings. The molecule has 0 radical (unpaired) electrons. The van der Waals surface area contributed by atoms with Crippen LogP contribution in [0.5, 0.6) is 5.75 Å². The molecule has 0 aromatic heterocycles. The second-order valence-corrected chi connectivity index (χ2v) is 5.02. The van der Waals surface area contributed by atoms with E-state index in [1.54, 1.807) is 36.4 Å². The van der Waals surface area contributed by atoms with E-state index < -0.39 is 0 Å². The van der Waals surface area contributed by atoms with E-state index >= 15 is 0 Å². The molecule has 5 heteroatoms. The average molecular weight is 316 g/mol. The number of rotatable bonds is 4. The van der Waals surface area contributed by atoms with Gasteiger partial charge in [-0.2, -0.15) is 0 Å². The van der Waals surface area contributed by atoms with Gasteiger partial charge in [0.15, 0.2) is 6.29 Å². The van der Waals surface area contributed by atoms with Gasteiger partial charge in [0.05, 0.1) is 5.02 Å². The third kappa shape index (κ3) is 3.41. The third-order valence-electron chi connectivity index (χ3n) is 2.51. The lowest BCUT2D eigenvalue weighted by Crippen LogP contribution is -1.98. The van der Waals surface area contributed by atoms with Crippen molar-refractivity contribution in [3.8, 4) is 5.75 Å². The van der Waals surface area contributed by atoms with Crippen LogP contribution in [0.2, 0.25) is 15.1 Å². The molecule has 0 heterocycles. The monoisotopic (exact) mass is 314 g/mol. The summed E-state index contributed by atoms with van der Waals surface area (Å²) >= 11 is 18.0. The Kier molecular flexibility index (Phi) is 4.70. The molecule has 2 nitrogen and oxygen atoms in total. The second-order valence-electron chi connectivity index (χ2n) is 3.80. The molecule has 0 saturated carbocycles. The summed E-state index contributed by atoms with van der Waals surface area (Å²) in [5, 5.41) is 1.43. The molecule has 0 atom stereocenters. The molecule has 2 aromatic carbocycles. The van der Waals surface area contributed by atoms with Crippen molar-refractivity contribution in [3.05, 3.63) is 62.6 Å². The van der Waals surface area contributed by atoms with Gasteiger partial charge < -0.3 is 4.74 Å². The molecule has 0 bridgehead atoms. The fourth-order valence-corrected chi connectivity index (χ4v) is 2.13. The molecule has 0 aliphatic carbocycles. The summed E-state index contributed by atoms with van der Waals surface area (Å²) in [5.41, 5.74) is 1.14. The van der Waals surface area contributed by atoms with Crippen LogP contribution in [0, 0.1) is 0 Å². The summed E-state index contributed by atoms with van der Waals surface area (Å²) in [6, 6.07) is 10.1. The van der Waals surface area contributed by atoms with Crippen molar-refractivity contribution in [1.82, 2.24) is 0 Å². The van der Waals surface area contributed by atoms with E-state index in [0.29, 0.717) is 27.6 Å². The zero-order valence-corrected chi connectivity index (χ0v) is 12.0. The SMILES string of the molecule is O=Cc1cccc(OCc2cc(Cl)ccc2Cl)c1Cl. The Morgan fingerprint density at radius 3 is 2.63 bits per heavy atom. The van der Waals surface area contributed by atoms with E-state index in [2.05, 4.69) is 0 Å². The first-order chi connectivity index (χ1) is 9.11. The van der Waals surface area contributed by atoms with Gasteiger partial charge in [-0.15, -0.1) is 0 Å². The maximum atomic E-state index is 10.8. The molecule has 0 aliphatic rings. The van der Waals surface area contributed by atoms with Crippen LogP contribution < -0.4 is 4.74 Å². The number of carbonyl (C=O) groups excluding carboxylic acids is 1. The summed E-state index contributed by atoms with van der Waals surface area (Å²) in [4.78, 5) is 10.8. The van der Waals surface area contributed by atoms with Crippen LogP contribution in [-0.2, 0) is 6.61 Å². The van der Waals surface area contributed by atoms with Gasteiger partial charge >= 0.3 is 0 Å². The Bertz CT molecular complexity index is 612. The summed E-state index contributed by atoms with van der Waals surface area (Å²) in [6.07, 6.45) is 0.682. The quantitative estimate of drug-likeness (QED) is 0.739. The molecule has 2 rings (SSSR count). The maximum absolute atomic E-state index is 10.8. The highest BCUT2D eigenvalue weighted by molar-refractivity contribution is 6.34. The molecule has 0 unspecified atom stereocenters. The minimum Gasteiger partial charge on any atom is -0.487 e. The van der Waals surface area contributed by atoms with E-state index in [9.17, 15) is 4.79 Å². The third-order valence-corrected chi connectivity index (χ3v) is 3.52. The highest BCUT2D eigenvalue weighted by Gasteiger charge is 2.08. The van der Waals surface area contributed by atoms with Crippen LogP contribution >= 0.6 is 34.8 Å². The standard InChI is InChI=1S/C14H9Cl3O2/c15-11-4-5-12(16)10(6-11)8-19-13-3-1-2-9(7-18)14(13)17/h1-7H,8H2. The summed E-state index contributed by atoms with van der Waals surface area (Å²) in [7, 11) is 0. The van der Waals surface area contributed by atoms with Crippen LogP contribution in [0.4, 0.5) is 0 Å². The first-order valence-corrected chi connectivity index (χ1v) is 6.55. The normalized spacial score (nSPS) is 10.3. The van der Waals surface area contributed by atoms with Gasteiger partial charge in [-0.3, -0.25) is 4.79 Å².